The number of nitrogens with one attached hydrogen (secondary N) is 3. The van der Waals surface area contributed by atoms with Crippen LogP contribution < -0.4 is 16.0 Å². The van der Waals surface area contributed by atoms with Crippen molar-refractivity contribution in [3.8, 4) is 0 Å². The Hall–Kier alpha value is -1.88. The number of benzene rings is 1. The van der Waals surface area contributed by atoms with Crippen LogP contribution >= 0.6 is 0 Å². The molecule has 2 amide bonds. The molecule has 0 spiro atoms. The van der Waals surface area contributed by atoms with E-state index in [2.05, 4.69) is 16.0 Å². The second-order valence-corrected chi connectivity index (χ2v) is 4.56. The zero-order chi connectivity index (χ0) is 14.8. The summed E-state index contributed by atoms with van der Waals surface area (Å²) in [5.74, 6) is -0.170. The number of anilines is 1. The van der Waals surface area contributed by atoms with E-state index in [0.717, 1.165) is 19.4 Å². The fourth-order valence-corrected chi connectivity index (χ4v) is 1.63. The lowest BCUT2D eigenvalue weighted by Crippen LogP contribution is -2.28. The van der Waals surface area contributed by atoms with Gasteiger partial charge < -0.3 is 16.0 Å². The summed E-state index contributed by atoms with van der Waals surface area (Å²) in [5.41, 5.74) is 1.29. The molecule has 0 bridgehead atoms. The SMILES string of the molecule is CCCNCC(=O)Nc1ccc(C(=O)NCCC)cc1. The molecule has 1 aromatic rings. The molecule has 20 heavy (non-hydrogen) atoms. The smallest absolute Gasteiger partial charge is 0.251 e. The molecule has 5 heteroatoms. The molecule has 0 aliphatic carbocycles. The largest absolute Gasteiger partial charge is 0.352 e. The van der Waals surface area contributed by atoms with Gasteiger partial charge in [0, 0.05) is 17.8 Å². The highest BCUT2D eigenvalue weighted by Gasteiger charge is 2.05. The molecule has 3 N–H and O–H groups in total. The van der Waals surface area contributed by atoms with E-state index in [1.807, 2.05) is 13.8 Å². The minimum Gasteiger partial charge on any atom is -0.352 e. The molecular formula is C15H23N3O2. The van der Waals surface area contributed by atoms with Gasteiger partial charge in [0.15, 0.2) is 0 Å². The fourth-order valence-electron chi connectivity index (χ4n) is 1.63. The van der Waals surface area contributed by atoms with E-state index in [0.29, 0.717) is 24.3 Å². The lowest BCUT2D eigenvalue weighted by molar-refractivity contribution is -0.115. The molecular weight excluding hydrogens is 254 g/mol. The topological polar surface area (TPSA) is 70.2 Å². The number of carbonyl (C=O) groups excluding carboxylic acids is 2. The van der Waals surface area contributed by atoms with Crippen molar-refractivity contribution in [2.24, 2.45) is 0 Å². The van der Waals surface area contributed by atoms with Crippen LogP contribution in [-0.2, 0) is 4.79 Å². The van der Waals surface area contributed by atoms with E-state index in [1.165, 1.54) is 0 Å². The highest BCUT2D eigenvalue weighted by molar-refractivity contribution is 5.96. The third-order valence-electron chi connectivity index (χ3n) is 2.68. The summed E-state index contributed by atoms with van der Waals surface area (Å²) in [6.07, 6.45) is 1.90. The summed E-state index contributed by atoms with van der Waals surface area (Å²) in [7, 11) is 0. The van der Waals surface area contributed by atoms with Gasteiger partial charge in [-0.05, 0) is 43.7 Å². The second kappa shape index (κ2) is 9.09. The van der Waals surface area contributed by atoms with Gasteiger partial charge >= 0.3 is 0 Å². The minimum atomic E-state index is -0.0886. The first-order valence-electron chi connectivity index (χ1n) is 7.06. The summed E-state index contributed by atoms with van der Waals surface area (Å²) in [4.78, 5) is 23.3. The summed E-state index contributed by atoms with van der Waals surface area (Å²) in [5, 5.41) is 8.62. The third-order valence-corrected chi connectivity index (χ3v) is 2.68. The van der Waals surface area contributed by atoms with E-state index in [9.17, 15) is 9.59 Å². The van der Waals surface area contributed by atoms with Gasteiger partial charge in [0.05, 0.1) is 6.54 Å². The zero-order valence-electron chi connectivity index (χ0n) is 12.2. The first kappa shape index (κ1) is 16.2. The molecule has 0 radical (unpaired) electrons. The molecule has 5 nitrogen and oxygen atoms in total. The maximum atomic E-state index is 11.7. The predicted octanol–water partition coefficient (Wildman–Crippen LogP) is 1.76. The average Bonchev–Trinajstić information content (AvgIpc) is 2.46. The van der Waals surface area contributed by atoms with E-state index < -0.39 is 0 Å². The van der Waals surface area contributed by atoms with Gasteiger partial charge in [0.1, 0.15) is 0 Å². The number of hydrogen-bond donors (Lipinski definition) is 3. The maximum absolute atomic E-state index is 11.7. The molecule has 0 heterocycles. The van der Waals surface area contributed by atoms with Gasteiger partial charge in [-0.2, -0.15) is 0 Å². The molecule has 0 aliphatic heterocycles. The maximum Gasteiger partial charge on any atom is 0.251 e. The summed E-state index contributed by atoms with van der Waals surface area (Å²) in [6.45, 7) is 5.84. The van der Waals surface area contributed by atoms with E-state index in [-0.39, 0.29) is 11.8 Å². The molecule has 0 atom stereocenters. The van der Waals surface area contributed by atoms with Crippen LogP contribution in [0.4, 0.5) is 5.69 Å². The normalized spacial score (nSPS) is 10.1. The molecule has 0 aliphatic rings. The second-order valence-electron chi connectivity index (χ2n) is 4.56. The van der Waals surface area contributed by atoms with Gasteiger partial charge in [-0.1, -0.05) is 13.8 Å². The van der Waals surface area contributed by atoms with E-state index in [1.54, 1.807) is 24.3 Å². The Kier molecular flexibility index (Phi) is 7.35. The third kappa shape index (κ3) is 5.84. The first-order chi connectivity index (χ1) is 9.67. The van der Waals surface area contributed by atoms with Crippen LogP contribution in [0.5, 0.6) is 0 Å². The Bertz CT molecular complexity index is 429. The lowest BCUT2D eigenvalue weighted by atomic mass is 10.2. The summed E-state index contributed by atoms with van der Waals surface area (Å²) in [6, 6.07) is 6.89. The van der Waals surface area contributed by atoms with Crippen molar-refractivity contribution in [3.05, 3.63) is 29.8 Å². The number of carbonyl (C=O) groups is 2. The summed E-state index contributed by atoms with van der Waals surface area (Å²) >= 11 is 0. The molecule has 1 rings (SSSR count). The Morgan fingerprint density at radius 3 is 2.25 bits per heavy atom. The van der Waals surface area contributed by atoms with Crippen LogP contribution in [0, 0.1) is 0 Å². The minimum absolute atomic E-state index is 0.0818. The zero-order valence-corrected chi connectivity index (χ0v) is 12.2. The molecule has 0 aromatic heterocycles. The Morgan fingerprint density at radius 2 is 1.65 bits per heavy atom. The highest BCUT2D eigenvalue weighted by Crippen LogP contribution is 2.09. The van der Waals surface area contributed by atoms with Crippen molar-refractivity contribution in [3.63, 3.8) is 0 Å². The predicted molar refractivity (Wildman–Crippen MR) is 80.9 cm³/mol. The van der Waals surface area contributed by atoms with Gasteiger partial charge in [0.25, 0.3) is 5.91 Å². The van der Waals surface area contributed by atoms with Gasteiger partial charge in [-0.3, -0.25) is 9.59 Å². The van der Waals surface area contributed by atoms with Crippen LogP contribution in [0.1, 0.15) is 37.0 Å². The fraction of sp³-hybridized carbons (Fsp3) is 0.467. The van der Waals surface area contributed by atoms with Crippen molar-refractivity contribution in [1.82, 2.24) is 10.6 Å². The molecule has 0 saturated heterocycles. The highest BCUT2D eigenvalue weighted by atomic mass is 16.2. The van der Waals surface area contributed by atoms with Crippen molar-refractivity contribution in [2.75, 3.05) is 25.0 Å². The van der Waals surface area contributed by atoms with Crippen molar-refractivity contribution in [2.45, 2.75) is 26.7 Å². The van der Waals surface area contributed by atoms with Crippen LogP contribution in [-0.4, -0.2) is 31.4 Å². The number of hydrogen-bond acceptors (Lipinski definition) is 3. The average molecular weight is 277 g/mol. The molecule has 1 aromatic carbocycles. The Balaban J connectivity index is 2.45. The van der Waals surface area contributed by atoms with Crippen LogP contribution in [0.2, 0.25) is 0 Å². The Labute approximate surface area is 120 Å². The van der Waals surface area contributed by atoms with Crippen LogP contribution in [0.3, 0.4) is 0 Å². The Morgan fingerprint density at radius 1 is 1.00 bits per heavy atom. The van der Waals surface area contributed by atoms with Crippen molar-refractivity contribution in [1.29, 1.82) is 0 Å². The quantitative estimate of drug-likeness (QED) is 0.634. The number of rotatable bonds is 8. The number of amides is 2. The van der Waals surface area contributed by atoms with Gasteiger partial charge in [-0.25, -0.2) is 0 Å². The standard InChI is InChI=1S/C15H23N3O2/c1-3-9-16-11-14(19)18-13-7-5-12(6-8-13)15(20)17-10-4-2/h5-8,16H,3-4,9-11H2,1-2H3,(H,17,20)(H,18,19). The van der Waals surface area contributed by atoms with Crippen molar-refractivity contribution >= 4 is 17.5 Å². The van der Waals surface area contributed by atoms with Crippen LogP contribution in [0.15, 0.2) is 24.3 Å². The molecule has 0 unspecified atom stereocenters. The molecule has 0 fully saturated rings. The lowest BCUT2D eigenvalue weighted by Gasteiger charge is -2.07. The van der Waals surface area contributed by atoms with Crippen molar-refractivity contribution < 1.29 is 9.59 Å². The van der Waals surface area contributed by atoms with Gasteiger partial charge in [-0.15, -0.1) is 0 Å². The van der Waals surface area contributed by atoms with Gasteiger partial charge in [0.2, 0.25) is 5.91 Å². The first-order valence-corrected chi connectivity index (χ1v) is 7.06. The molecule has 0 saturated carbocycles. The summed E-state index contributed by atoms with van der Waals surface area (Å²) < 4.78 is 0. The van der Waals surface area contributed by atoms with E-state index in [4.69, 9.17) is 0 Å². The van der Waals surface area contributed by atoms with Crippen LogP contribution in [0.25, 0.3) is 0 Å². The van der Waals surface area contributed by atoms with E-state index >= 15 is 0 Å². The molecule has 110 valence electrons. The monoisotopic (exact) mass is 277 g/mol.